The molecule has 0 saturated carbocycles. The zero-order valence-corrected chi connectivity index (χ0v) is 13.9. The van der Waals surface area contributed by atoms with Crippen molar-refractivity contribution in [1.82, 2.24) is 9.62 Å². The van der Waals surface area contributed by atoms with Gasteiger partial charge in [0.05, 0.1) is 0 Å². The Bertz CT molecular complexity index is 684. The molecule has 0 unspecified atom stereocenters. The quantitative estimate of drug-likeness (QED) is 0.913. The molecule has 0 amide bonds. The van der Waals surface area contributed by atoms with Crippen molar-refractivity contribution in [1.29, 1.82) is 0 Å². The highest BCUT2D eigenvalue weighted by Gasteiger charge is 2.25. The Hall–Kier alpha value is -1.21. The van der Waals surface area contributed by atoms with E-state index in [4.69, 9.17) is 0 Å². The van der Waals surface area contributed by atoms with Crippen molar-refractivity contribution >= 4 is 21.4 Å². The number of piperidine rings is 1. The normalized spacial score (nSPS) is 20.1. The molecule has 1 N–H and O–H groups in total. The molecule has 1 atom stereocenters. The Labute approximate surface area is 135 Å². The van der Waals surface area contributed by atoms with Crippen molar-refractivity contribution in [3.63, 3.8) is 0 Å². The van der Waals surface area contributed by atoms with Crippen molar-refractivity contribution in [3.05, 3.63) is 53.4 Å². The van der Waals surface area contributed by atoms with E-state index >= 15 is 0 Å². The average Bonchev–Trinajstić information content (AvgIpc) is 3.03. The SMILES string of the molecule is O=S(=O)(N[C@@H]1CCCN(Cc2ccccc2)C1)c1cccs1. The Morgan fingerprint density at radius 2 is 2.00 bits per heavy atom. The molecule has 0 bridgehead atoms. The number of rotatable bonds is 5. The topological polar surface area (TPSA) is 49.4 Å². The number of hydrogen-bond acceptors (Lipinski definition) is 4. The lowest BCUT2D eigenvalue weighted by atomic mass is 10.1. The van der Waals surface area contributed by atoms with Gasteiger partial charge >= 0.3 is 0 Å². The van der Waals surface area contributed by atoms with Crippen molar-refractivity contribution in [3.8, 4) is 0 Å². The number of thiophene rings is 1. The Morgan fingerprint density at radius 1 is 1.18 bits per heavy atom. The summed E-state index contributed by atoms with van der Waals surface area (Å²) < 4.78 is 27.9. The van der Waals surface area contributed by atoms with Crippen LogP contribution in [0.4, 0.5) is 0 Å². The van der Waals surface area contributed by atoms with Gasteiger partial charge in [0.25, 0.3) is 0 Å². The molecule has 0 aliphatic carbocycles. The van der Waals surface area contributed by atoms with Gasteiger partial charge in [-0.25, -0.2) is 13.1 Å². The van der Waals surface area contributed by atoms with E-state index in [1.807, 2.05) is 18.2 Å². The highest BCUT2D eigenvalue weighted by molar-refractivity contribution is 7.91. The van der Waals surface area contributed by atoms with Crippen LogP contribution in [-0.2, 0) is 16.6 Å². The van der Waals surface area contributed by atoms with Crippen molar-refractivity contribution in [2.75, 3.05) is 13.1 Å². The zero-order valence-electron chi connectivity index (χ0n) is 12.3. The predicted molar refractivity (Wildman–Crippen MR) is 89.4 cm³/mol. The minimum atomic E-state index is -3.37. The lowest BCUT2D eigenvalue weighted by molar-refractivity contribution is 0.194. The molecule has 22 heavy (non-hydrogen) atoms. The summed E-state index contributed by atoms with van der Waals surface area (Å²) in [6, 6.07) is 13.7. The molecule has 0 spiro atoms. The van der Waals surface area contributed by atoms with Crippen LogP contribution in [0.3, 0.4) is 0 Å². The monoisotopic (exact) mass is 336 g/mol. The molecular weight excluding hydrogens is 316 g/mol. The van der Waals surface area contributed by atoms with Crippen LogP contribution < -0.4 is 4.72 Å². The largest absolute Gasteiger partial charge is 0.298 e. The number of nitrogens with zero attached hydrogens (tertiary/aromatic N) is 1. The van der Waals surface area contributed by atoms with Gasteiger partial charge in [-0.05, 0) is 36.4 Å². The van der Waals surface area contributed by atoms with E-state index in [1.54, 1.807) is 17.5 Å². The maximum absolute atomic E-state index is 12.3. The Kier molecular flexibility index (Phi) is 4.93. The minimum Gasteiger partial charge on any atom is -0.298 e. The van der Waals surface area contributed by atoms with E-state index in [1.165, 1.54) is 16.9 Å². The van der Waals surface area contributed by atoms with Gasteiger partial charge in [-0.3, -0.25) is 4.90 Å². The first kappa shape index (κ1) is 15.7. The summed E-state index contributed by atoms with van der Waals surface area (Å²) in [6.45, 7) is 2.66. The first-order valence-electron chi connectivity index (χ1n) is 7.45. The van der Waals surface area contributed by atoms with E-state index < -0.39 is 10.0 Å². The first-order chi connectivity index (χ1) is 10.6. The van der Waals surface area contributed by atoms with E-state index in [-0.39, 0.29) is 6.04 Å². The third-order valence-electron chi connectivity index (χ3n) is 3.84. The molecule has 1 aliphatic heterocycles. The molecule has 4 nitrogen and oxygen atoms in total. The molecule has 3 rings (SSSR count). The summed E-state index contributed by atoms with van der Waals surface area (Å²) >= 11 is 1.26. The fourth-order valence-electron chi connectivity index (χ4n) is 2.83. The molecule has 1 fully saturated rings. The van der Waals surface area contributed by atoms with Gasteiger partial charge in [-0.1, -0.05) is 36.4 Å². The van der Waals surface area contributed by atoms with E-state index in [0.29, 0.717) is 4.21 Å². The second-order valence-corrected chi connectivity index (χ2v) is 8.50. The van der Waals surface area contributed by atoms with E-state index in [0.717, 1.165) is 32.5 Å². The highest BCUT2D eigenvalue weighted by atomic mass is 32.2. The van der Waals surface area contributed by atoms with Crippen LogP contribution in [0.15, 0.2) is 52.1 Å². The van der Waals surface area contributed by atoms with Crippen LogP contribution in [-0.4, -0.2) is 32.4 Å². The number of benzene rings is 1. The van der Waals surface area contributed by atoms with Crippen LogP contribution in [0.5, 0.6) is 0 Å². The number of nitrogens with one attached hydrogen (secondary N) is 1. The molecular formula is C16H20N2O2S2. The van der Waals surface area contributed by atoms with E-state index in [2.05, 4.69) is 21.8 Å². The van der Waals surface area contributed by atoms with Crippen LogP contribution in [0.2, 0.25) is 0 Å². The first-order valence-corrected chi connectivity index (χ1v) is 9.82. The summed E-state index contributed by atoms with van der Waals surface area (Å²) in [5.74, 6) is 0. The number of likely N-dealkylation sites (tertiary alicyclic amines) is 1. The summed E-state index contributed by atoms with van der Waals surface area (Å²) in [4.78, 5) is 2.32. The standard InChI is InChI=1S/C16H20N2O2S2/c19-22(20,16-9-5-11-21-16)17-15-8-4-10-18(13-15)12-14-6-2-1-3-7-14/h1-3,5-7,9,11,15,17H,4,8,10,12-13H2/t15-/m1/s1. The molecule has 1 aromatic heterocycles. The molecule has 1 saturated heterocycles. The fraction of sp³-hybridized carbons (Fsp3) is 0.375. The lowest BCUT2D eigenvalue weighted by Crippen LogP contribution is -2.47. The van der Waals surface area contributed by atoms with Gasteiger partial charge in [0.1, 0.15) is 4.21 Å². The second kappa shape index (κ2) is 6.91. The molecule has 1 aromatic carbocycles. The van der Waals surface area contributed by atoms with Crippen molar-refractivity contribution in [2.24, 2.45) is 0 Å². The predicted octanol–water partition coefficient (Wildman–Crippen LogP) is 2.69. The maximum Gasteiger partial charge on any atom is 0.250 e. The summed E-state index contributed by atoms with van der Waals surface area (Å²) in [5, 5.41) is 1.79. The average molecular weight is 336 g/mol. The van der Waals surface area contributed by atoms with Gasteiger partial charge in [0.2, 0.25) is 10.0 Å². The Balaban J connectivity index is 1.61. The summed E-state index contributed by atoms with van der Waals surface area (Å²) in [5.41, 5.74) is 1.27. The summed E-state index contributed by atoms with van der Waals surface area (Å²) in [6.07, 6.45) is 1.92. The fourth-order valence-corrected chi connectivity index (χ4v) is 5.10. The second-order valence-electron chi connectivity index (χ2n) is 5.61. The number of hydrogen-bond donors (Lipinski definition) is 1. The van der Waals surface area contributed by atoms with Gasteiger partial charge in [-0.2, -0.15) is 0 Å². The van der Waals surface area contributed by atoms with Crippen LogP contribution in [0.1, 0.15) is 18.4 Å². The molecule has 1 aliphatic rings. The smallest absolute Gasteiger partial charge is 0.250 e. The van der Waals surface area contributed by atoms with Crippen LogP contribution >= 0.6 is 11.3 Å². The third-order valence-corrected chi connectivity index (χ3v) is 6.75. The van der Waals surface area contributed by atoms with Crippen LogP contribution in [0, 0.1) is 0 Å². The summed E-state index contributed by atoms with van der Waals surface area (Å²) in [7, 11) is -3.37. The molecule has 2 heterocycles. The zero-order chi connectivity index (χ0) is 15.4. The maximum atomic E-state index is 12.3. The number of sulfonamides is 1. The Morgan fingerprint density at radius 3 is 2.73 bits per heavy atom. The van der Waals surface area contributed by atoms with Gasteiger partial charge in [0.15, 0.2) is 0 Å². The molecule has 6 heteroatoms. The van der Waals surface area contributed by atoms with Gasteiger partial charge in [0, 0.05) is 19.1 Å². The molecule has 118 valence electrons. The minimum absolute atomic E-state index is 0.00966. The van der Waals surface area contributed by atoms with Gasteiger partial charge < -0.3 is 0 Å². The highest BCUT2D eigenvalue weighted by Crippen LogP contribution is 2.19. The third kappa shape index (κ3) is 3.95. The van der Waals surface area contributed by atoms with Crippen molar-refractivity contribution in [2.45, 2.75) is 29.6 Å². The van der Waals surface area contributed by atoms with Crippen LogP contribution in [0.25, 0.3) is 0 Å². The van der Waals surface area contributed by atoms with Crippen molar-refractivity contribution < 1.29 is 8.42 Å². The lowest BCUT2D eigenvalue weighted by Gasteiger charge is -2.32. The molecule has 2 aromatic rings. The molecule has 0 radical (unpaired) electrons. The van der Waals surface area contributed by atoms with Gasteiger partial charge in [-0.15, -0.1) is 11.3 Å². The van der Waals surface area contributed by atoms with E-state index in [9.17, 15) is 8.42 Å².